The monoisotopic (exact) mass is 356 g/mol. The van der Waals surface area contributed by atoms with Crippen molar-refractivity contribution in [2.24, 2.45) is 0 Å². The maximum absolute atomic E-state index is 12.0. The standard InChI is InChI=1S/C17H20N6O3/c1-12(2)26-17(25)14-7-4-6-13(10-14)16-19-21-23(20-16)11-15(24)22(3)9-5-8-18/h4,6-7,10,12H,5,9,11H2,1-3H3. The van der Waals surface area contributed by atoms with E-state index in [0.29, 0.717) is 23.5 Å². The molecule has 136 valence electrons. The molecule has 26 heavy (non-hydrogen) atoms. The SMILES string of the molecule is CC(C)OC(=O)c1cccc(-c2nnn(CC(=O)N(C)CCC#N)n2)c1. The first kappa shape index (κ1) is 19.1. The Bertz CT molecular complexity index is 824. The maximum Gasteiger partial charge on any atom is 0.338 e. The number of nitriles is 1. The highest BCUT2D eigenvalue weighted by Crippen LogP contribution is 2.16. The van der Waals surface area contributed by atoms with Crippen LogP contribution in [0, 0.1) is 11.3 Å². The van der Waals surface area contributed by atoms with E-state index < -0.39 is 5.97 Å². The molecule has 9 nitrogen and oxygen atoms in total. The highest BCUT2D eigenvalue weighted by Gasteiger charge is 2.15. The smallest absolute Gasteiger partial charge is 0.338 e. The van der Waals surface area contributed by atoms with Crippen molar-refractivity contribution in [3.05, 3.63) is 29.8 Å². The average molecular weight is 356 g/mol. The summed E-state index contributed by atoms with van der Waals surface area (Å²) in [7, 11) is 1.61. The molecule has 0 saturated heterocycles. The van der Waals surface area contributed by atoms with Crippen LogP contribution in [0.2, 0.25) is 0 Å². The molecule has 2 aromatic rings. The first-order chi connectivity index (χ1) is 12.4. The Kier molecular flexibility index (Phi) is 6.38. The van der Waals surface area contributed by atoms with Gasteiger partial charge in [0.25, 0.3) is 0 Å². The summed E-state index contributed by atoms with van der Waals surface area (Å²) in [6.07, 6.45) is 0.0477. The Hall–Kier alpha value is -3.28. The minimum Gasteiger partial charge on any atom is -0.459 e. The van der Waals surface area contributed by atoms with E-state index in [2.05, 4.69) is 15.4 Å². The van der Waals surface area contributed by atoms with Crippen molar-refractivity contribution in [2.75, 3.05) is 13.6 Å². The van der Waals surface area contributed by atoms with Gasteiger partial charge in [-0.15, -0.1) is 10.2 Å². The van der Waals surface area contributed by atoms with Crippen LogP contribution in [0.1, 0.15) is 30.6 Å². The van der Waals surface area contributed by atoms with E-state index in [1.807, 2.05) is 6.07 Å². The summed E-state index contributed by atoms with van der Waals surface area (Å²) in [5.74, 6) is -0.348. The van der Waals surface area contributed by atoms with Crippen molar-refractivity contribution in [1.29, 1.82) is 5.26 Å². The average Bonchev–Trinajstić information content (AvgIpc) is 3.07. The summed E-state index contributed by atoms with van der Waals surface area (Å²) in [5.41, 5.74) is 0.986. The summed E-state index contributed by atoms with van der Waals surface area (Å²) < 4.78 is 5.17. The van der Waals surface area contributed by atoms with Crippen molar-refractivity contribution in [3.63, 3.8) is 0 Å². The number of likely N-dealkylation sites (N-methyl/N-ethyl adjacent to an activating group) is 1. The summed E-state index contributed by atoms with van der Waals surface area (Å²) in [4.78, 5) is 26.7. The number of tetrazole rings is 1. The van der Waals surface area contributed by atoms with Crippen molar-refractivity contribution >= 4 is 11.9 Å². The number of amides is 1. The van der Waals surface area contributed by atoms with Crippen LogP contribution in [0.5, 0.6) is 0 Å². The van der Waals surface area contributed by atoms with Crippen LogP contribution >= 0.6 is 0 Å². The Morgan fingerprint density at radius 1 is 1.38 bits per heavy atom. The highest BCUT2D eigenvalue weighted by molar-refractivity contribution is 5.90. The molecule has 0 bridgehead atoms. The topological polar surface area (TPSA) is 114 Å². The van der Waals surface area contributed by atoms with Gasteiger partial charge in [-0.05, 0) is 31.2 Å². The van der Waals surface area contributed by atoms with Crippen molar-refractivity contribution < 1.29 is 14.3 Å². The van der Waals surface area contributed by atoms with Crippen LogP contribution in [-0.2, 0) is 16.1 Å². The molecule has 0 atom stereocenters. The molecule has 0 aliphatic rings. The molecule has 0 unspecified atom stereocenters. The zero-order valence-corrected chi connectivity index (χ0v) is 14.9. The van der Waals surface area contributed by atoms with E-state index in [0.717, 1.165) is 0 Å². The fourth-order valence-electron chi connectivity index (χ4n) is 2.08. The number of hydrogen-bond acceptors (Lipinski definition) is 7. The van der Waals surface area contributed by atoms with Gasteiger partial charge >= 0.3 is 5.97 Å². The number of aromatic nitrogens is 4. The first-order valence-electron chi connectivity index (χ1n) is 8.11. The van der Waals surface area contributed by atoms with E-state index in [9.17, 15) is 9.59 Å². The van der Waals surface area contributed by atoms with E-state index in [1.54, 1.807) is 45.2 Å². The Morgan fingerprint density at radius 2 is 2.15 bits per heavy atom. The zero-order valence-electron chi connectivity index (χ0n) is 14.9. The summed E-state index contributed by atoms with van der Waals surface area (Å²) in [5, 5.41) is 20.5. The number of ether oxygens (including phenoxy) is 1. The Labute approximate surface area is 151 Å². The minimum absolute atomic E-state index is 0.0794. The van der Waals surface area contributed by atoms with Crippen LogP contribution in [-0.4, -0.2) is 56.7 Å². The Morgan fingerprint density at radius 3 is 2.85 bits per heavy atom. The number of carbonyl (C=O) groups excluding carboxylic acids is 2. The van der Waals surface area contributed by atoms with Crippen LogP contribution in [0.25, 0.3) is 11.4 Å². The Balaban J connectivity index is 2.09. The molecule has 0 aliphatic carbocycles. The van der Waals surface area contributed by atoms with Crippen molar-refractivity contribution in [3.8, 4) is 17.5 Å². The highest BCUT2D eigenvalue weighted by atomic mass is 16.5. The molecule has 2 rings (SSSR count). The van der Waals surface area contributed by atoms with Gasteiger partial charge in [0.1, 0.15) is 6.54 Å². The van der Waals surface area contributed by atoms with Gasteiger partial charge < -0.3 is 9.64 Å². The maximum atomic E-state index is 12.0. The minimum atomic E-state index is -0.427. The predicted octanol–water partition coefficient (Wildman–Crippen LogP) is 1.28. The third-order valence-electron chi connectivity index (χ3n) is 3.41. The van der Waals surface area contributed by atoms with Gasteiger partial charge in [0.15, 0.2) is 0 Å². The number of rotatable bonds is 7. The second-order valence-electron chi connectivity index (χ2n) is 5.90. The van der Waals surface area contributed by atoms with Crippen LogP contribution in [0.15, 0.2) is 24.3 Å². The van der Waals surface area contributed by atoms with Gasteiger partial charge in [0, 0.05) is 19.2 Å². The lowest BCUT2D eigenvalue weighted by molar-refractivity contribution is -0.130. The lowest BCUT2D eigenvalue weighted by atomic mass is 10.1. The lowest BCUT2D eigenvalue weighted by Gasteiger charge is -2.14. The van der Waals surface area contributed by atoms with Crippen LogP contribution < -0.4 is 0 Å². The van der Waals surface area contributed by atoms with E-state index >= 15 is 0 Å². The first-order valence-corrected chi connectivity index (χ1v) is 8.11. The number of carbonyl (C=O) groups is 2. The van der Waals surface area contributed by atoms with E-state index in [1.165, 1.54) is 9.70 Å². The molecule has 0 radical (unpaired) electrons. The molecule has 0 fully saturated rings. The van der Waals surface area contributed by atoms with Gasteiger partial charge in [0.2, 0.25) is 11.7 Å². The van der Waals surface area contributed by atoms with E-state index in [4.69, 9.17) is 10.00 Å². The number of nitrogens with zero attached hydrogens (tertiary/aromatic N) is 6. The third-order valence-corrected chi connectivity index (χ3v) is 3.41. The van der Waals surface area contributed by atoms with Gasteiger partial charge in [-0.1, -0.05) is 12.1 Å². The molecule has 1 aromatic heterocycles. The molecule has 1 amide bonds. The van der Waals surface area contributed by atoms with E-state index in [-0.39, 0.29) is 25.0 Å². The molecule has 0 N–H and O–H groups in total. The fraction of sp³-hybridized carbons (Fsp3) is 0.412. The molecule has 1 aromatic carbocycles. The molecule has 1 heterocycles. The van der Waals surface area contributed by atoms with Gasteiger partial charge in [-0.3, -0.25) is 4.79 Å². The lowest BCUT2D eigenvalue weighted by Crippen LogP contribution is -2.31. The fourth-order valence-corrected chi connectivity index (χ4v) is 2.08. The number of hydrogen-bond donors (Lipinski definition) is 0. The number of esters is 1. The predicted molar refractivity (Wildman–Crippen MR) is 91.7 cm³/mol. The zero-order chi connectivity index (χ0) is 19.1. The van der Waals surface area contributed by atoms with Gasteiger partial charge in [0.05, 0.1) is 24.2 Å². The second kappa shape index (κ2) is 8.71. The molecule has 0 saturated carbocycles. The van der Waals surface area contributed by atoms with Crippen molar-refractivity contribution in [1.82, 2.24) is 25.1 Å². The summed E-state index contributed by atoms with van der Waals surface area (Å²) >= 11 is 0. The normalized spacial score (nSPS) is 10.4. The summed E-state index contributed by atoms with van der Waals surface area (Å²) in [6, 6.07) is 8.70. The molecule has 0 spiro atoms. The third kappa shape index (κ3) is 5.11. The second-order valence-corrected chi connectivity index (χ2v) is 5.90. The molecule has 0 aliphatic heterocycles. The van der Waals surface area contributed by atoms with Gasteiger partial charge in [-0.25, -0.2) is 4.79 Å². The van der Waals surface area contributed by atoms with Gasteiger partial charge in [-0.2, -0.15) is 10.1 Å². The summed E-state index contributed by atoms with van der Waals surface area (Å²) in [6.45, 7) is 3.82. The molecular formula is C17H20N6O3. The molecule has 9 heteroatoms. The quantitative estimate of drug-likeness (QED) is 0.686. The van der Waals surface area contributed by atoms with Crippen molar-refractivity contribution in [2.45, 2.75) is 32.9 Å². The van der Waals surface area contributed by atoms with Crippen LogP contribution in [0.3, 0.4) is 0 Å². The number of benzene rings is 1. The largest absolute Gasteiger partial charge is 0.459 e. The molecular weight excluding hydrogens is 336 g/mol. The van der Waals surface area contributed by atoms with Crippen LogP contribution in [0.4, 0.5) is 0 Å².